The molecule has 1 saturated heterocycles. The first-order valence-electron chi connectivity index (χ1n) is 12.5. The number of alkyl halides is 3. The van der Waals surface area contributed by atoms with Gasteiger partial charge >= 0.3 is 6.18 Å². The van der Waals surface area contributed by atoms with Crippen molar-refractivity contribution in [2.75, 3.05) is 13.1 Å². The van der Waals surface area contributed by atoms with Gasteiger partial charge in [0.15, 0.2) is 0 Å². The van der Waals surface area contributed by atoms with E-state index in [1.165, 1.54) is 11.6 Å². The maximum absolute atomic E-state index is 13.8. The van der Waals surface area contributed by atoms with Crippen LogP contribution in [0.4, 0.5) is 13.2 Å². The van der Waals surface area contributed by atoms with Gasteiger partial charge in [0, 0.05) is 49.1 Å². The molecule has 3 nitrogen and oxygen atoms in total. The number of benzene rings is 3. The molecule has 1 atom stereocenters. The fourth-order valence-corrected chi connectivity index (χ4v) is 5.45. The van der Waals surface area contributed by atoms with E-state index in [0.29, 0.717) is 25.2 Å². The molecule has 192 valence electrons. The van der Waals surface area contributed by atoms with Crippen LogP contribution >= 0.6 is 11.6 Å². The third-order valence-corrected chi connectivity index (χ3v) is 7.53. The van der Waals surface area contributed by atoms with Gasteiger partial charge in [-0.15, -0.1) is 0 Å². The summed E-state index contributed by atoms with van der Waals surface area (Å²) in [5.74, 6) is -0.586. The molecule has 5 rings (SSSR count). The summed E-state index contributed by atoms with van der Waals surface area (Å²) in [6.07, 6.45) is -0.599. The Labute approximate surface area is 219 Å². The lowest BCUT2D eigenvalue weighted by Gasteiger charge is -2.22. The molecular weight excluding hydrogens is 497 g/mol. The normalized spacial score (nSPS) is 14.9. The smallest absolute Gasteiger partial charge is 0.343 e. The van der Waals surface area contributed by atoms with Crippen LogP contribution < -0.4 is 0 Å². The number of aromatic nitrogens is 1. The van der Waals surface area contributed by atoms with Crippen LogP contribution in [0.3, 0.4) is 0 Å². The van der Waals surface area contributed by atoms with E-state index < -0.39 is 17.7 Å². The third-order valence-electron chi connectivity index (χ3n) is 7.20. The first-order chi connectivity index (χ1) is 17.7. The summed E-state index contributed by atoms with van der Waals surface area (Å²) in [5.41, 5.74) is 3.66. The Morgan fingerprint density at radius 2 is 1.70 bits per heavy atom. The lowest BCUT2D eigenvalue weighted by molar-refractivity contribution is -0.137. The quantitative estimate of drug-likeness (QED) is 0.252. The molecule has 0 saturated carbocycles. The number of halogens is 4. The van der Waals surface area contributed by atoms with Gasteiger partial charge in [0.2, 0.25) is 5.91 Å². The van der Waals surface area contributed by atoms with Gasteiger partial charge in [-0.25, -0.2) is 0 Å². The fourth-order valence-electron chi connectivity index (χ4n) is 5.23. The van der Waals surface area contributed by atoms with Crippen LogP contribution in [-0.4, -0.2) is 28.5 Å². The van der Waals surface area contributed by atoms with E-state index in [9.17, 15) is 18.0 Å². The molecule has 1 amide bonds. The Kier molecular flexibility index (Phi) is 7.04. The molecule has 37 heavy (non-hydrogen) atoms. The number of aryl methyl sites for hydroxylation is 1. The number of para-hydroxylation sites is 1. The van der Waals surface area contributed by atoms with Crippen molar-refractivity contribution in [1.82, 2.24) is 9.47 Å². The lowest BCUT2D eigenvalue weighted by Crippen LogP contribution is -2.29. The SMILES string of the molecule is Cc1ccc(Cn2cc([C@@H](CC(=O)N3CCCC3)c3ccc(Cl)c(C(F)(F)F)c3)c3ccccc32)cc1. The average Bonchev–Trinajstić information content (AvgIpc) is 3.53. The zero-order chi connectivity index (χ0) is 26.2. The van der Waals surface area contributed by atoms with Gasteiger partial charge in [-0.3, -0.25) is 4.79 Å². The van der Waals surface area contributed by atoms with Crippen molar-refractivity contribution in [2.45, 2.75) is 44.8 Å². The molecule has 3 aromatic carbocycles. The van der Waals surface area contributed by atoms with Crippen LogP contribution in [0.2, 0.25) is 5.02 Å². The van der Waals surface area contributed by atoms with Crippen molar-refractivity contribution in [2.24, 2.45) is 0 Å². The number of carbonyl (C=O) groups excluding carboxylic acids is 1. The van der Waals surface area contributed by atoms with Gasteiger partial charge in [0.25, 0.3) is 0 Å². The number of carbonyl (C=O) groups is 1. The zero-order valence-corrected chi connectivity index (χ0v) is 21.3. The third kappa shape index (κ3) is 5.40. The summed E-state index contributed by atoms with van der Waals surface area (Å²) in [5, 5.41) is 0.583. The molecule has 1 aromatic heterocycles. The fraction of sp³-hybridized carbons (Fsp3) is 0.300. The molecule has 2 heterocycles. The Balaban J connectivity index is 1.62. The lowest BCUT2D eigenvalue weighted by atomic mass is 9.87. The van der Waals surface area contributed by atoms with Gasteiger partial charge in [0.05, 0.1) is 10.6 Å². The summed E-state index contributed by atoms with van der Waals surface area (Å²) in [4.78, 5) is 15.1. The number of hydrogen-bond acceptors (Lipinski definition) is 1. The summed E-state index contributed by atoms with van der Waals surface area (Å²) in [6.45, 7) is 4.03. The number of fused-ring (bicyclic) bond motifs is 1. The monoisotopic (exact) mass is 524 g/mol. The minimum absolute atomic E-state index is 0.0404. The molecule has 7 heteroatoms. The van der Waals surface area contributed by atoms with E-state index in [1.54, 1.807) is 6.07 Å². The van der Waals surface area contributed by atoms with Crippen molar-refractivity contribution in [3.05, 3.63) is 106 Å². The van der Waals surface area contributed by atoms with E-state index in [2.05, 4.69) is 28.8 Å². The molecule has 0 bridgehead atoms. The maximum Gasteiger partial charge on any atom is 0.417 e. The van der Waals surface area contributed by atoms with Crippen LogP contribution in [0.25, 0.3) is 10.9 Å². The van der Waals surface area contributed by atoms with Crippen LogP contribution in [-0.2, 0) is 17.5 Å². The first kappa shape index (κ1) is 25.4. The van der Waals surface area contributed by atoms with Crippen molar-refractivity contribution in [3.63, 3.8) is 0 Å². The Bertz CT molecular complexity index is 1420. The average molecular weight is 525 g/mol. The second-order valence-electron chi connectivity index (χ2n) is 9.80. The molecule has 0 radical (unpaired) electrons. The molecular formula is C30H28ClF3N2O. The summed E-state index contributed by atoms with van der Waals surface area (Å²) < 4.78 is 43.4. The van der Waals surface area contributed by atoms with Crippen molar-refractivity contribution in [1.29, 1.82) is 0 Å². The maximum atomic E-state index is 13.8. The molecule has 0 N–H and O–H groups in total. The second kappa shape index (κ2) is 10.3. The van der Waals surface area contributed by atoms with Crippen LogP contribution in [0.5, 0.6) is 0 Å². The highest BCUT2D eigenvalue weighted by molar-refractivity contribution is 6.31. The van der Waals surface area contributed by atoms with Gasteiger partial charge < -0.3 is 9.47 Å². The first-order valence-corrected chi connectivity index (χ1v) is 12.9. The van der Waals surface area contributed by atoms with Crippen LogP contribution in [0.1, 0.15) is 53.0 Å². The van der Waals surface area contributed by atoms with E-state index in [0.717, 1.165) is 40.9 Å². The Hall–Kier alpha value is -3.25. The molecule has 0 unspecified atom stereocenters. The molecule has 4 aromatic rings. The Morgan fingerprint density at radius 3 is 2.41 bits per heavy atom. The second-order valence-corrected chi connectivity index (χ2v) is 10.2. The zero-order valence-electron chi connectivity index (χ0n) is 20.6. The number of likely N-dealkylation sites (tertiary alicyclic amines) is 1. The van der Waals surface area contributed by atoms with Crippen LogP contribution in [0, 0.1) is 6.92 Å². The number of hydrogen-bond donors (Lipinski definition) is 0. The minimum Gasteiger partial charge on any atom is -0.343 e. The molecule has 0 aliphatic carbocycles. The van der Waals surface area contributed by atoms with E-state index >= 15 is 0 Å². The molecule has 0 spiro atoms. The highest BCUT2D eigenvalue weighted by Crippen LogP contribution is 2.40. The van der Waals surface area contributed by atoms with E-state index in [-0.39, 0.29) is 17.4 Å². The van der Waals surface area contributed by atoms with Gasteiger partial charge in [-0.05, 0) is 54.7 Å². The van der Waals surface area contributed by atoms with E-state index in [4.69, 9.17) is 11.6 Å². The molecule has 1 aliphatic rings. The molecule has 1 aliphatic heterocycles. The predicted octanol–water partition coefficient (Wildman–Crippen LogP) is 7.81. The largest absolute Gasteiger partial charge is 0.417 e. The summed E-state index contributed by atoms with van der Waals surface area (Å²) in [7, 11) is 0. The van der Waals surface area contributed by atoms with Crippen molar-refractivity contribution >= 4 is 28.4 Å². The number of amides is 1. The topological polar surface area (TPSA) is 25.2 Å². The Morgan fingerprint density at radius 1 is 1.00 bits per heavy atom. The van der Waals surface area contributed by atoms with Gasteiger partial charge in [-0.1, -0.05) is 65.7 Å². The van der Waals surface area contributed by atoms with E-state index in [1.807, 2.05) is 42.3 Å². The number of nitrogens with zero attached hydrogens (tertiary/aromatic N) is 2. The minimum atomic E-state index is -4.59. The van der Waals surface area contributed by atoms with Crippen LogP contribution in [0.15, 0.2) is 72.9 Å². The number of rotatable bonds is 6. The van der Waals surface area contributed by atoms with Gasteiger partial charge in [-0.2, -0.15) is 13.2 Å². The highest BCUT2D eigenvalue weighted by atomic mass is 35.5. The highest BCUT2D eigenvalue weighted by Gasteiger charge is 2.35. The van der Waals surface area contributed by atoms with Gasteiger partial charge in [0.1, 0.15) is 0 Å². The standard InChI is InChI=1S/C30H28ClF3N2O/c1-20-8-10-21(11-9-20)18-36-19-25(23-6-2-3-7-28(23)36)24(17-29(37)35-14-4-5-15-35)22-12-13-27(31)26(16-22)30(32,33)34/h2-3,6-13,16,19,24H,4-5,14-15,17-18H2,1H3/t24-/m0/s1. The summed E-state index contributed by atoms with van der Waals surface area (Å²) in [6, 6.07) is 20.1. The van der Waals surface area contributed by atoms with Crippen molar-refractivity contribution in [3.8, 4) is 0 Å². The summed E-state index contributed by atoms with van der Waals surface area (Å²) >= 11 is 5.94. The molecule has 1 fully saturated rings. The van der Waals surface area contributed by atoms with Crippen molar-refractivity contribution < 1.29 is 18.0 Å². The predicted molar refractivity (Wildman–Crippen MR) is 141 cm³/mol.